The van der Waals surface area contributed by atoms with Gasteiger partial charge in [0.05, 0.1) is 6.07 Å². The van der Waals surface area contributed by atoms with Gasteiger partial charge in [0, 0.05) is 23.5 Å². The van der Waals surface area contributed by atoms with Crippen molar-refractivity contribution in [3.8, 4) is 6.07 Å². The van der Waals surface area contributed by atoms with E-state index in [1.165, 1.54) is 0 Å². The van der Waals surface area contributed by atoms with Crippen molar-refractivity contribution < 1.29 is 9.59 Å². The fourth-order valence-electron chi connectivity index (χ4n) is 1.97. The monoisotopic (exact) mass is 308 g/mol. The molecule has 0 unspecified atom stereocenters. The lowest BCUT2D eigenvalue weighted by molar-refractivity contribution is -0.115. The molecule has 0 aromatic heterocycles. The number of nitrogen functional groups attached to an aromatic ring is 1. The van der Waals surface area contributed by atoms with Crippen LogP contribution >= 0.6 is 0 Å². The first-order valence-electron chi connectivity index (χ1n) is 6.98. The minimum atomic E-state index is -0.384. The van der Waals surface area contributed by atoms with Crippen molar-refractivity contribution in [2.45, 2.75) is 13.0 Å². The molecule has 0 atom stereocenters. The predicted molar refractivity (Wildman–Crippen MR) is 87.3 cm³/mol. The molecular formula is C17H16N4O2. The topological polar surface area (TPSA) is 108 Å². The fourth-order valence-corrected chi connectivity index (χ4v) is 1.97. The van der Waals surface area contributed by atoms with Crippen LogP contribution in [0.2, 0.25) is 0 Å². The Morgan fingerprint density at radius 3 is 2.48 bits per heavy atom. The van der Waals surface area contributed by atoms with Crippen molar-refractivity contribution in [2.75, 3.05) is 11.1 Å². The van der Waals surface area contributed by atoms with Crippen LogP contribution in [0, 0.1) is 11.3 Å². The second-order valence-corrected chi connectivity index (χ2v) is 4.84. The molecule has 0 saturated carbocycles. The van der Waals surface area contributed by atoms with Crippen LogP contribution in [0.1, 0.15) is 22.3 Å². The molecular weight excluding hydrogens is 292 g/mol. The molecule has 4 N–H and O–H groups in total. The molecule has 0 radical (unpaired) electrons. The quantitative estimate of drug-likeness (QED) is 0.734. The number of hydrogen-bond donors (Lipinski definition) is 3. The minimum absolute atomic E-state index is 0.216. The zero-order chi connectivity index (χ0) is 16.7. The van der Waals surface area contributed by atoms with E-state index in [-0.39, 0.29) is 24.8 Å². The average Bonchev–Trinajstić information content (AvgIpc) is 2.54. The smallest absolute Gasteiger partial charge is 0.251 e. The second-order valence-electron chi connectivity index (χ2n) is 4.84. The van der Waals surface area contributed by atoms with Crippen LogP contribution < -0.4 is 16.4 Å². The summed E-state index contributed by atoms with van der Waals surface area (Å²) in [5.74, 6) is -0.618. The van der Waals surface area contributed by atoms with Crippen molar-refractivity contribution in [3.05, 3.63) is 59.7 Å². The number of rotatable bonds is 5. The van der Waals surface area contributed by atoms with Gasteiger partial charge in [-0.2, -0.15) is 5.26 Å². The molecule has 0 aliphatic heterocycles. The van der Waals surface area contributed by atoms with Gasteiger partial charge in [-0.3, -0.25) is 9.59 Å². The zero-order valence-electron chi connectivity index (χ0n) is 12.4. The largest absolute Gasteiger partial charge is 0.399 e. The van der Waals surface area contributed by atoms with E-state index in [0.717, 1.165) is 5.56 Å². The number of nitrogens with one attached hydrogen (secondary N) is 2. The number of anilines is 2. The molecule has 0 fully saturated rings. The second kappa shape index (κ2) is 7.61. The Morgan fingerprint density at radius 1 is 1.09 bits per heavy atom. The molecule has 0 bridgehead atoms. The Balaban J connectivity index is 2.03. The molecule has 0 saturated heterocycles. The first-order chi connectivity index (χ1) is 11.1. The van der Waals surface area contributed by atoms with Crippen LogP contribution in [0.25, 0.3) is 0 Å². The number of para-hydroxylation sites is 1. The van der Waals surface area contributed by atoms with E-state index < -0.39 is 0 Å². The highest BCUT2D eigenvalue weighted by Gasteiger charge is 2.09. The standard InChI is InChI=1S/C17H16N4O2/c18-10-9-16(22)21-15-4-2-1-3-13(15)11-20-17(23)12-5-7-14(19)8-6-12/h1-8H,9,11,19H2,(H,20,23)(H,21,22). The van der Waals surface area contributed by atoms with E-state index in [0.29, 0.717) is 16.9 Å². The number of amides is 2. The van der Waals surface area contributed by atoms with Gasteiger partial charge in [-0.15, -0.1) is 0 Å². The van der Waals surface area contributed by atoms with Gasteiger partial charge in [0.2, 0.25) is 5.91 Å². The summed E-state index contributed by atoms with van der Waals surface area (Å²) in [6.45, 7) is 0.256. The van der Waals surface area contributed by atoms with E-state index in [1.807, 2.05) is 6.07 Å². The summed E-state index contributed by atoms with van der Waals surface area (Å²) in [6, 6.07) is 15.5. The van der Waals surface area contributed by atoms with Gasteiger partial charge in [-0.25, -0.2) is 0 Å². The number of nitrogens with zero attached hydrogens (tertiary/aromatic N) is 1. The van der Waals surface area contributed by atoms with E-state index >= 15 is 0 Å². The van der Waals surface area contributed by atoms with Crippen LogP contribution in [-0.2, 0) is 11.3 Å². The highest BCUT2D eigenvalue weighted by Crippen LogP contribution is 2.15. The maximum atomic E-state index is 12.1. The molecule has 116 valence electrons. The van der Waals surface area contributed by atoms with Gasteiger partial charge >= 0.3 is 0 Å². The van der Waals surface area contributed by atoms with Gasteiger partial charge < -0.3 is 16.4 Å². The lowest BCUT2D eigenvalue weighted by Gasteiger charge is -2.11. The maximum absolute atomic E-state index is 12.1. The summed E-state index contributed by atoms with van der Waals surface area (Å²) in [5.41, 5.74) is 8.01. The lowest BCUT2D eigenvalue weighted by Crippen LogP contribution is -2.23. The fraction of sp³-hybridized carbons (Fsp3) is 0.118. The Hall–Kier alpha value is -3.33. The SMILES string of the molecule is N#CCC(=O)Nc1ccccc1CNC(=O)c1ccc(N)cc1. The Bertz CT molecular complexity index is 748. The van der Waals surface area contributed by atoms with E-state index in [2.05, 4.69) is 10.6 Å². The molecule has 0 aliphatic carbocycles. The Morgan fingerprint density at radius 2 is 1.78 bits per heavy atom. The van der Waals surface area contributed by atoms with Crippen LogP contribution in [0.3, 0.4) is 0 Å². The van der Waals surface area contributed by atoms with Crippen LogP contribution in [0.4, 0.5) is 11.4 Å². The van der Waals surface area contributed by atoms with Crippen molar-refractivity contribution >= 4 is 23.2 Å². The van der Waals surface area contributed by atoms with Gasteiger partial charge in [-0.05, 0) is 35.9 Å². The molecule has 6 nitrogen and oxygen atoms in total. The molecule has 2 aromatic rings. The summed E-state index contributed by atoms with van der Waals surface area (Å²) in [5, 5.41) is 14.0. The normalized spacial score (nSPS) is 9.70. The summed E-state index contributed by atoms with van der Waals surface area (Å²) >= 11 is 0. The van der Waals surface area contributed by atoms with Gasteiger partial charge in [0.1, 0.15) is 6.42 Å². The highest BCUT2D eigenvalue weighted by molar-refractivity contribution is 5.95. The molecule has 2 aromatic carbocycles. The maximum Gasteiger partial charge on any atom is 0.251 e. The molecule has 0 spiro atoms. The number of benzene rings is 2. The van der Waals surface area contributed by atoms with Gasteiger partial charge in [0.15, 0.2) is 0 Å². The van der Waals surface area contributed by atoms with Gasteiger partial charge in [0.25, 0.3) is 5.91 Å². The molecule has 2 rings (SSSR count). The number of hydrogen-bond acceptors (Lipinski definition) is 4. The lowest BCUT2D eigenvalue weighted by atomic mass is 10.1. The summed E-state index contributed by atoms with van der Waals surface area (Å²) in [6.07, 6.45) is -0.216. The third-order valence-corrected chi connectivity index (χ3v) is 3.14. The van der Waals surface area contributed by atoms with Crippen molar-refractivity contribution in [1.82, 2.24) is 5.32 Å². The predicted octanol–water partition coefficient (Wildman–Crippen LogP) is 2.05. The molecule has 2 amide bonds. The summed E-state index contributed by atoms with van der Waals surface area (Å²) < 4.78 is 0. The molecule has 6 heteroatoms. The zero-order valence-corrected chi connectivity index (χ0v) is 12.4. The number of carbonyl (C=O) groups is 2. The molecule has 23 heavy (non-hydrogen) atoms. The average molecular weight is 308 g/mol. The van der Waals surface area contributed by atoms with Crippen molar-refractivity contribution in [3.63, 3.8) is 0 Å². The number of nitriles is 1. The molecule has 0 heterocycles. The third kappa shape index (κ3) is 4.58. The third-order valence-electron chi connectivity index (χ3n) is 3.14. The number of carbonyl (C=O) groups excluding carboxylic acids is 2. The first-order valence-corrected chi connectivity index (χ1v) is 6.98. The van der Waals surface area contributed by atoms with E-state index in [1.54, 1.807) is 48.5 Å². The van der Waals surface area contributed by atoms with Gasteiger partial charge in [-0.1, -0.05) is 18.2 Å². The van der Waals surface area contributed by atoms with Crippen LogP contribution in [0.15, 0.2) is 48.5 Å². The van der Waals surface area contributed by atoms with Crippen LogP contribution in [-0.4, -0.2) is 11.8 Å². The Labute approximate surface area is 133 Å². The summed E-state index contributed by atoms with van der Waals surface area (Å²) in [4.78, 5) is 23.6. The van der Waals surface area contributed by atoms with Crippen molar-refractivity contribution in [2.24, 2.45) is 0 Å². The minimum Gasteiger partial charge on any atom is -0.399 e. The molecule has 0 aliphatic rings. The van der Waals surface area contributed by atoms with E-state index in [9.17, 15) is 9.59 Å². The van der Waals surface area contributed by atoms with Crippen molar-refractivity contribution in [1.29, 1.82) is 5.26 Å². The Kier molecular flexibility index (Phi) is 5.31. The highest BCUT2D eigenvalue weighted by atomic mass is 16.2. The van der Waals surface area contributed by atoms with E-state index in [4.69, 9.17) is 11.0 Å². The summed E-state index contributed by atoms with van der Waals surface area (Å²) in [7, 11) is 0. The van der Waals surface area contributed by atoms with Crippen LogP contribution in [0.5, 0.6) is 0 Å². The number of nitrogens with two attached hydrogens (primary N) is 1. The first kappa shape index (κ1) is 16.0.